The highest BCUT2D eigenvalue weighted by molar-refractivity contribution is 6.09. The molecule has 2 N–H and O–H groups in total. The second kappa shape index (κ2) is 5.20. The maximum absolute atomic E-state index is 13.5. The minimum absolute atomic E-state index is 0.0163. The highest BCUT2D eigenvalue weighted by Crippen LogP contribution is 2.29. The normalized spacial score (nSPS) is 10.5. The third-order valence-corrected chi connectivity index (χ3v) is 3.17. The van der Waals surface area contributed by atoms with E-state index >= 15 is 0 Å². The summed E-state index contributed by atoms with van der Waals surface area (Å²) in [6.45, 7) is 0. The predicted molar refractivity (Wildman–Crippen MR) is 77.8 cm³/mol. The maximum Gasteiger partial charge on any atom is 0.259 e. The van der Waals surface area contributed by atoms with Crippen molar-refractivity contribution in [2.75, 3.05) is 5.32 Å². The van der Waals surface area contributed by atoms with Gasteiger partial charge in [0.25, 0.3) is 5.91 Å². The number of benzene rings is 2. The van der Waals surface area contributed by atoms with Crippen molar-refractivity contribution in [2.45, 2.75) is 0 Å². The lowest BCUT2D eigenvalue weighted by Gasteiger charge is -2.09. The second-order valence-electron chi connectivity index (χ2n) is 4.49. The number of phenols is 1. The lowest BCUT2D eigenvalue weighted by molar-refractivity contribution is 0.102. The molecule has 3 aromatic rings. The van der Waals surface area contributed by atoms with Crippen molar-refractivity contribution in [3.8, 4) is 5.75 Å². The number of phenolic OH excluding ortho intramolecular Hbond substituents is 1. The number of amides is 1. The van der Waals surface area contributed by atoms with E-state index in [1.165, 1.54) is 18.3 Å². The van der Waals surface area contributed by atoms with E-state index in [9.17, 15) is 14.3 Å². The van der Waals surface area contributed by atoms with Gasteiger partial charge in [-0.2, -0.15) is 0 Å². The van der Waals surface area contributed by atoms with Crippen molar-refractivity contribution in [3.05, 3.63) is 66.2 Å². The summed E-state index contributed by atoms with van der Waals surface area (Å²) in [5.74, 6) is -1.34. The zero-order valence-corrected chi connectivity index (χ0v) is 10.9. The van der Waals surface area contributed by atoms with Gasteiger partial charge in [-0.3, -0.25) is 9.78 Å². The fraction of sp³-hybridized carbons (Fsp3) is 0. The van der Waals surface area contributed by atoms with Crippen molar-refractivity contribution < 1.29 is 14.3 Å². The lowest BCUT2D eigenvalue weighted by atomic mass is 10.0. The summed E-state index contributed by atoms with van der Waals surface area (Å²) in [6.07, 6.45) is 2.38. The number of hydrogen-bond donors (Lipinski definition) is 2. The lowest BCUT2D eigenvalue weighted by Crippen LogP contribution is -2.13. The standard InChI is InChI=1S/C16H11FN2O2/c17-13-9-18-8-7-14(13)19-16(21)12-6-5-10-3-1-2-4-11(10)15(12)20/h1-9,20H,(H,18,19,21). The van der Waals surface area contributed by atoms with E-state index in [1.54, 1.807) is 18.2 Å². The van der Waals surface area contributed by atoms with Crippen LogP contribution in [0, 0.1) is 5.82 Å². The van der Waals surface area contributed by atoms with Crippen molar-refractivity contribution in [2.24, 2.45) is 0 Å². The van der Waals surface area contributed by atoms with Crippen molar-refractivity contribution >= 4 is 22.4 Å². The van der Waals surface area contributed by atoms with Crippen LogP contribution in [0.4, 0.5) is 10.1 Å². The smallest absolute Gasteiger partial charge is 0.259 e. The molecule has 0 aliphatic rings. The van der Waals surface area contributed by atoms with Gasteiger partial charge in [0, 0.05) is 11.6 Å². The summed E-state index contributed by atoms with van der Waals surface area (Å²) in [4.78, 5) is 15.8. The van der Waals surface area contributed by atoms with Crippen LogP contribution >= 0.6 is 0 Å². The Morgan fingerprint density at radius 3 is 2.76 bits per heavy atom. The summed E-state index contributed by atoms with van der Waals surface area (Å²) in [5.41, 5.74) is 0.104. The molecular formula is C16H11FN2O2. The number of halogens is 1. The molecule has 0 radical (unpaired) electrons. The molecule has 0 aliphatic heterocycles. The summed E-state index contributed by atoms with van der Waals surface area (Å²) in [5, 5.41) is 14.0. The number of carbonyl (C=O) groups is 1. The Morgan fingerprint density at radius 1 is 1.14 bits per heavy atom. The molecule has 3 rings (SSSR count). The van der Waals surface area contributed by atoms with Crippen LogP contribution in [0.25, 0.3) is 10.8 Å². The van der Waals surface area contributed by atoms with E-state index in [0.29, 0.717) is 5.39 Å². The van der Waals surface area contributed by atoms with Crippen molar-refractivity contribution in [1.29, 1.82) is 0 Å². The van der Waals surface area contributed by atoms with Gasteiger partial charge in [0.05, 0.1) is 17.4 Å². The second-order valence-corrected chi connectivity index (χ2v) is 4.49. The first kappa shape index (κ1) is 13.1. The van der Waals surface area contributed by atoms with E-state index in [-0.39, 0.29) is 17.0 Å². The molecule has 0 atom stereocenters. The topological polar surface area (TPSA) is 62.2 Å². The van der Waals surface area contributed by atoms with Gasteiger partial charge in [-0.1, -0.05) is 30.3 Å². The minimum atomic E-state index is -0.633. The molecule has 0 fully saturated rings. The van der Waals surface area contributed by atoms with Gasteiger partial charge in [-0.15, -0.1) is 0 Å². The molecule has 104 valence electrons. The fourth-order valence-corrected chi connectivity index (χ4v) is 2.10. The largest absolute Gasteiger partial charge is 0.506 e. The molecule has 2 aromatic carbocycles. The van der Waals surface area contributed by atoms with Crippen LogP contribution in [0.15, 0.2) is 54.9 Å². The van der Waals surface area contributed by atoms with Crippen LogP contribution in [-0.2, 0) is 0 Å². The fourth-order valence-electron chi connectivity index (χ4n) is 2.10. The minimum Gasteiger partial charge on any atom is -0.506 e. The molecule has 1 heterocycles. The Morgan fingerprint density at radius 2 is 1.95 bits per heavy atom. The Hall–Kier alpha value is -2.95. The number of aromatic hydroxyl groups is 1. The third kappa shape index (κ3) is 2.41. The zero-order chi connectivity index (χ0) is 14.8. The molecule has 0 unspecified atom stereocenters. The number of aromatic nitrogens is 1. The zero-order valence-electron chi connectivity index (χ0n) is 10.9. The van der Waals surface area contributed by atoms with E-state index in [1.807, 2.05) is 12.1 Å². The number of nitrogens with one attached hydrogen (secondary N) is 1. The van der Waals surface area contributed by atoms with Gasteiger partial charge in [0.2, 0.25) is 0 Å². The summed E-state index contributed by atoms with van der Waals surface area (Å²) < 4.78 is 13.5. The first-order valence-corrected chi connectivity index (χ1v) is 6.28. The highest BCUT2D eigenvalue weighted by atomic mass is 19.1. The van der Waals surface area contributed by atoms with Crippen molar-refractivity contribution in [1.82, 2.24) is 4.98 Å². The van der Waals surface area contributed by atoms with Gasteiger partial charge in [-0.25, -0.2) is 4.39 Å². The molecule has 0 bridgehead atoms. The summed E-state index contributed by atoms with van der Waals surface area (Å²) >= 11 is 0. The third-order valence-electron chi connectivity index (χ3n) is 3.17. The highest BCUT2D eigenvalue weighted by Gasteiger charge is 2.15. The predicted octanol–water partition coefficient (Wildman–Crippen LogP) is 3.33. The molecule has 21 heavy (non-hydrogen) atoms. The van der Waals surface area contributed by atoms with Gasteiger partial charge in [0.15, 0.2) is 5.82 Å². The monoisotopic (exact) mass is 282 g/mol. The molecule has 5 heteroatoms. The number of rotatable bonds is 2. The summed E-state index contributed by atoms with van der Waals surface area (Å²) in [7, 11) is 0. The van der Waals surface area contributed by atoms with Crippen LogP contribution in [-0.4, -0.2) is 16.0 Å². The van der Waals surface area contributed by atoms with E-state index in [4.69, 9.17) is 0 Å². The van der Waals surface area contributed by atoms with Gasteiger partial charge >= 0.3 is 0 Å². The maximum atomic E-state index is 13.5. The molecule has 1 aromatic heterocycles. The Labute approximate surface area is 119 Å². The van der Waals surface area contributed by atoms with Gasteiger partial charge < -0.3 is 10.4 Å². The first-order chi connectivity index (χ1) is 10.2. The van der Waals surface area contributed by atoms with Crippen LogP contribution in [0.3, 0.4) is 0 Å². The first-order valence-electron chi connectivity index (χ1n) is 6.28. The SMILES string of the molecule is O=C(Nc1ccncc1F)c1ccc2ccccc2c1O. The molecular weight excluding hydrogens is 271 g/mol. The van der Waals surface area contributed by atoms with E-state index < -0.39 is 11.7 Å². The number of carbonyl (C=O) groups excluding carboxylic acids is 1. The van der Waals surface area contributed by atoms with Gasteiger partial charge in [-0.05, 0) is 17.5 Å². The van der Waals surface area contributed by atoms with Crippen LogP contribution in [0.5, 0.6) is 5.75 Å². The van der Waals surface area contributed by atoms with E-state index in [2.05, 4.69) is 10.3 Å². The molecule has 0 saturated heterocycles. The Bertz CT molecular complexity index is 833. The quantitative estimate of drug-likeness (QED) is 0.757. The number of hydrogen-bond acceptors (Lipinski definition) is 3. The van der Waals surface area contributed by atoms with E-state index in [0.717, 1.165) is 11.6 Å². The Kier molecular flexibility index (Phi) is 3.23. The molecule has 0 saturated carbocycles. The summed E-state index contributed by atoms with van der Waals surface area (Å²) in [6, 6.07) is 11.7. The van der Waals surface area contributed by atoms with Crippen molar-refractivity contribution in [3.63, 3.8) is 0 Å². The average Bonchev–Trinajstić information content (AvgIpc) is 2.50. The molecule has 0 aliphatic carbocycles. The molecule has 4 nitrogen and oxygen atoms in total. The van der Waals surface area contributed by atoms with Gasteiger partial charge in [0.1, 0.15) is 5.75 Å². The molecule has 1 amide bonds. The van der Waals surface area contributed by atoms with Crippen LogP contribution in [0.1, 0.15) is 10.4 Å². The van der Waals surface area contributed by atoms with Crippen LogP contribution < -0.4 is 5.32 Å². The number of pyridine rings is 1. The van der Waals surface area contributed by atoms with Crippen LogP contribution in [0.2, 0.25) is 0 Å². The number of anilines is 1. The average molecular weight is 282 g/mol. The Balaban J connectivity index is 1.99. The molecule has 0 spiro atoms. The number of fused-ring (bicyclic) bond motifs is 1. The number of nitrogens with zero attached hydrogens (tertiary/aromatic N) is 1.